The lowest BCUT2D eigenvalue weighted by Gasteiger charge is -2.02. The fourth-order valence-electron chi connectivity index (χ4n) is 1.56. The number of carboxylic acid groups (broad SMARTS) is 1. The largest absolute Gasteiger partial charge is 0.477 e. The van der Waals surface area contributed by atoms with E-state index >= 15 is 0 Å². The Balaban J connectivity index is 2.34. The molecule has 17 heavy (non-hydrogen) atoms. The molecule has 2 heterocycles. The summed E-state index contributed by atoms with van der Waals surface area (Å²) in [5.41, 5.74) is 1.67. The van der Waals surface area contributed by atoms with Crippen molar-refractivity contribution >= 4 is 5.97 Å². The van der Waals surface area contributed by atoms with E-state index in [1.807, 2.05) is 6.07 Å². The predicted molar refractivity (Wildman–Crippen MR) is 60.8 cm³/mol. The minimum atomic E-state index is -0.990. The Bertz CT molecular complexity index is 502. The molecule has 2 rings (SSSR count). The highest BCUT2D eigenvalue weighted by molar-refractivity contribution is 5.87. The van der Waals surface area contributed by atoms with Gasteiger partial charge in [-0.1, -0.05) is 0 Å². The second-order valence-corrected chi connectivity index (χ2v) is 3.54. The molecule has 2 N–H and O–H groups in total. The molecule has 0 saturated carbocycles. The van der Waals surface area contributed by atoms with E-state index in [2.05, 4.69) is 10.1 Å². The number of aromatic nitrogens is 3. The van der Waals surface area contributed by atoms with Crippen LogP contribution < -0.4 is 0 Å². The topological polar surface area (TPSA) is 80.1 Å². The van der Waals surface area contributed by atoms with Crippen LogP contribution in [0.15, 0.2) is 24.5 Å². The van der Waals surface area contributed by atoms with Crippen LogP contribution in [0.5, 0.6) is 0 Å². The zero-order chi connectivity index (χ0) is 12.3. The van der Waals surface area contributed by atoms with Gasteiger partial charge in [0, 0.05) is 25.1 Å². The number of nitrogens with one attached hydrogen (secondary N) is 1. The third-order valence-electron chi connectivity index (χ3n) is 2.40. The smallest absolute Gasteiger partial charge is 0.354 e. The molecule has 6 nitrogen and oxygen atoms in total. The summed E-state index contributed by atoms with van der Waals surface area (Å²) in [6.45, 7) is 0.844. The minimum absolute atomic E-state index is 0.165. The summed E-state index contributed by atoms with van der Waals surface area (Å²) in [7, 11) is 1.57. The monoisotopic (exact) mass is 235 g/mol. The molecule has 0 aliphatic rings. The molecular weight excluding hydrogens is 222 g/mol. The maximum atomic E-state index is 11.1. The second-order valence-electron chi connectivity index (χ2n) is 3.54. The van der Waals surface area contributed by atoms with Crippen molar-refractivity contribution in [3.05, 3.63) is 30.2 Å². The molecule has 6 heteroatoms. The zero-order valence-corrected chi connectivity index (χ0v) is 9.38. The van der Waals surface area contributed by atoms with Crippen molar-refractivity contribution < 1.29 is 14.6 Å². The summed E-state index contributed by atoms with van der Waals surface area (Å²) in [6.07, 6.45) is 3.54. The maximum Gasteiger partial charge on any atom is 0.354 e. The van der Waals surface area contributed by atoms with E-state index in [4.69, 9.17) is 9.84 Å². The van der Waals surface area contributed by atoms with Gasteiger partial charge in [0.1, 0.15) is 5.69 Å². The number of hydrogen-bond acceptors (Lipinski definition) is 3. The van der Waals surface area contributed by atoms with Crippen molar-refractivity contribution in [2.24, 2.45) is 0 Å². The van der Waals surface area contributed by atoms with Crippen LogP contribution in [0.2, 0.25) is 0 Å². The van der Waals surface area contributed by atoms with Crippen LogP contribution in [0.3, 0.4) is 0 Å². The minimum Gasteiger partial charge on any atom is -0.477 e. The molecule has 0 atom stereocenters. The first kappa shape index (κ1) is 11.4. The van der Waals surface area contributed by atoms with E-state index in [9.17, 15) is 4.79 Å². The molecule has 90 valence electrons. The summed E-state index contributed by atoms with van der Waals surface area (Å²) in [5, 5.41) is 13.3. The van der Waals surface area contributed by atoms with E-state index in [1.165, 1.54) is 4.68 Å². The molecule has 0 fully saturated rings. The summed E-state index contributed by atoms with van der Waals surface area (Å²) in [4.78, 5) is 14.0. The van der Waals surface area contributed by atoms with Crippen molar-refractivity contribution in [1.29, 1.82) is 0 Å². The molecule has 0 radical (unpaired) electrons. The molecule has 0 aliphatic heterocycles. The van der Waals surface area contributed by atoms with Gasteiger partial charge in [0.15, 0.2) is 0 Å². The number of nitrogens with zero attached hydrogens (tertiary/aromatic N) is 2. The first-order valence-electron chi connectivity index (χ1n) is 5.15. The van der Waals surface area contributed by atoms with Gasteiger partial charge >= 0.3 is 5.97 Å². The number of aromatic carboxylic acids is 1. The summed E-state index contributed by atoms with van der Waals surface area (Å²) >= 11 is 0. The second kappa shape index (κ2) is 4.84. The average Bonchev–Trinajstić information content (AvgIpc) is 2.94. The number of carboxylic acids is 1. The SMILES string of the molecule is COCCn1nc(-c2cc[nH]c2)cc1C(=O)O. The molecule has 2 aromatic heterocycles. The van der Waals surface area contributed by atoms with Crippen LogP contribution in [0, 0.1) is 0 Å². The third kappa shape index (κ3) is 2.36. The normalized spacial score (nSPS) is 10.6. The maximum absolute atomic E-state index is 11.1. The zero-order valence-electron chi connectivity index (χ0n) is 9.38. The number of hydrogen-bond donors (Lipinski definition) is 2. The van der Waals surface area contributed by atoms with E-state index < -0.39 is 5.97 Å². The average molecular weight is 235 g/mol. The number of methoxy groups -OCH3 is 1. The van der Waals surface area contributed by atoms with Crippen LogP contribution in [-0.2, 0) is 11.3 Å². The van der Waals surface area contributed by atoms with Gasteiger partial charge < -0.3 is 14.8 Å². The van der Waals surface area contributed by atoms with Gasteiger partial charge in [-0.2, -0.15) is 5.10 Å². The fraction of sp³-hybridized carbons (Fsp3) is 0.273. The molecular formula is C11H13N3O3. The van der Waals surface area contributed by atoms with Crippen molar-refractivity contribution in [2.45, 2.75) is 6.54 Å². The number of carbonyl (C=O) groups is 1. The highest BCUT2D eigenvalue weighted by atomic mass is 16.5. The van der Waals surface area contributed by atoms with Gasteiger partial charge in [0.2, 0.25) is 0 Å². The Morgan fingerprint density at radius 2 is 2.47 bits per heavy atom. The lowest BCUT2D eigenvalue weighted by atomic mass is 10.2. The van der Waals surface area contributed by atoms with Gasteiger partial charge in [0.05, 0.1) is 18.8 Å². The Hall–Kier alpha value is -2.08. The lowest BCUT2D eigenvalue weighted by Crippen LogP contribution is -2.13. The number of H-pyrrole nitrogens is 1. The quantitative estimate of drug-likeness (QED) is 0.816. The van der Waals surface area contributed by atoms with Crippen molar-refractivity contribution in [1.82, 2.24) is 14.8 Å². The molecule has 2 aromatic rings. The molecule has 0 saturated heterocycles. The van der Waals surface area contributed by atoms with E-state index in [1.54, 1.807) is 25.6 Å². The van der Waals surface area contributed by atoms with Crippen LogP contribution >= 0.6 is 0 Å². The number of rotatable bonds is 5. The Morgan fingerprint density at radius 3 is 3.06 bits per heavy atom. The van der Waals surface area contributed by atoms with Gasteiger partial charge in [-0.3, -0.25) is 4.68 Å². The molecule has 0 spiro atoms. The van der Waals surface area contributed by atoms with Gasteiger partial charge in [-0.25, -0.2) is 4.79 Å². The molecule has 0 aliphatic carbocycles. The van der Waals surface area contributed by atoms with Gasteiger partial charge in [-0.05, 0) is 12.1 Å². The predicted octanol–water partition coefficient (Wildman–Crippen LogP) is 1.22. The van der Waals surface area contributed by atoms with Gasteiger partial charge in [0.25, 0.3) is 0 Å². The fourth-order valence-corrected chi connectivity index (χ4v) is 1.56. The van der Waals surface area contributed by atoms with E-state index in [0.29, 0.717) is 18.8 Å². The van der Waals surface area contributed by atoms with Crippen LogP contribution in [0.1, 0.15) is 10.5 Å². The Kier molecular flexibility index (Phi) is 3.24. The molecule has 0 bridgehead atoms. The molecule has 0 amide bonds. The number of ether oxygens (including phenoxy) is 1. The van der Waals surface area contributed by atoms with Crippen molar-refractivity contribution in [3.8, 4) is 11.3 Å². The standard InChI is InChI=1S/C11H13N3O3/c1-17-5-4-14-10(11(15)16)6-9(13-14)8-2-3-12-7-8/h2-3,6-7,12H,4-5H2,1H3,(H,15,16). The molecule has 0 unspecified atom stereocenters. The van der Waals surface area contributed by atoms with E-state index in [0.717, 1.165) is 5.56 Å². The Labute approximate surface area is 97.8 Å². The van der Waals surface area contributed by atoms with E-state index in [-0.39, 0.29) is 5.69 Å². The molecule has 0 aromatic carbocycles. The van der Waals surface area contributed by atoms with Crippen molar-refractivity contribution in [2.75, 3.05) is 13.7 Å². The highest BCUT2D eigenvalue weighted by Crippen LogP contribution is 2.18. The first-order valence-corrected chi connectivity index (χ1v) is 5.15. The van der Waals surface area contributed by atoms with Crippen LogP contribution in [-0.4, -0.2) is 39.6 Å². The van der Waals surface area contributed by atoms with Crippen molar-refractivity contribution in [3.63, 3.8) is 0 Å². The third-order valence-corrected chi connectivity index (χ3v) is 2.40. The summed E-state index contributed by atoms with van der Waals surface area (Å²) in [6, 6.07) is 3.40. The highest BCUT2D eigenvalue weighted by Gasteiger charge is 2.15. The number of aromatic amines is 1. The first-order chi connectivity index (χ1) is 8.22. The van der Waals surface area contributed by atoms with Gasteiger partial charge in [-0.15, -0.1) is 0 Å². The summed E-state index contributed by atoms with van der Waals surface area (Å²) < 4.78 is 6.36. The Morgan fingerprint density at radius 1 is 1.65 bits per heavy atom. The summed E-state index contributed by atoms with van der Waals surface area (Å²) in [5.74, 6) is -0.990. The van der Waals surface area contributed by atoms with Crippen LogP contribution in [0.4, 0.5) is 0 Å². The lowest BCUT2D eigenvalue weighted by molar-refractivity contribution is 0.0680. The van der Waals surface area contributed by atoms with Crippen LogP contribution in [0.25, 0.3) is 11.3 Å².